The van der Waals surface area contributed by atoms with E-state index in [0.717, 1.165) is 43.4 Å². The fourth-order valence-corrected chi connectivity index (χ4v) is 8.47. The molecule has 0 aromatic rings. The van der Waals surface area contributed by atoms with Crippen molar-refractivity contribution >= 4 is 5.78 Å². The number of allylic oxidation sites excluding steroid dienone is 4. The summed E-state index contributed by atoms with van der Waals surface area (Å²) in [5.41, 5.74) is 1.96. The van der Waals surface area contributed by atoms with Crippen molar-refractivity contribution in [3.05, 3.63) is 34.8 Å². The standard InChI is InChI=1S/C25H33NO/c1-16-7-9-18-17-8-10-21-24(3,19(17)11-14-23(16,18)2)15-20(26-4)22(27)25(21)12-5-6-13-25/h10,15-19H,5-9,11-14H2,1-3H3/t16-,17-,18-,19-,23+,24+/m0/s1. The van der Waals surface area contributed by atoms with Crippen LogP contribution < -0.4 is 0 Å². The van der Waals surface area contributed by atoms with Crippen molar-refractivity contribution in [1.82, 2.24) is 0 Å². The number of carbonyl (C=O) groups excluding carboxylic acids is 1. The van der Waals surface area contributed by atoms with Gasteiger partial charge in [0.05, 0.1) is 6.57 Å². The highest BCUT2D eigenvalue weighted by Crippen LogP contribution is 2.68. The van der Waals surface area contributed by atoms with E-state index in [2.05, 4.69) is 37.8 Å². The van der Waals surface area contributed by atoms with Crippen LogP contribution in [-0.2, 0) is 4.79 Å². The molecule has 5 rings (SSSR count). The Balaban J connectivity index is 1.63. The summed E-state index contributed by atoms with van der Waals surface area (Å²) in [6.45, 7) is 15.1. The molecule has 3 saturated carbocycles. The molecule has 0 amide bonds. The van der Waals surface area contributed by atoms with Crippen LogP contribution in [0.3, 0.4) is 0 Å². The topological polar surface area (TPSA) is 21.4 Å². The molecule has 5 aliphatic rings. The van der Waals surface area contributed by atoms with E-state index in [0.29, 0.717) is 17.0 Å². The van der Waals surface area contributed by atoms with Crippen molar-refractivity contribution in [3.63, 3.8) is 0 Å². The van der Waals surface area contributed by atoms with Crippen LogP contribution in [0.15, 0.2) is 23.4 Å². The highest BCUT2D eigenvalue weighted by Gasteiger charge is 2.62. The van der Waals surface area contributed by atoms with Gasteiger partial charge in [0.15, 0.2) is 5.78 Å². The zero-order valence-electron chi connectivity index (χ0n) is 17.2. The van der Waals surface area contributed by atoms with Crippen LogP contribution in [0.5, 0.6) is 0 Å². The Morgan fingerprint density at radius 2 is 1.81 bits per heavy atom. The van der Waals surface area contributed by atoms with E-state index in [4.69, 9.17) is 6.57 Å². The van der Waals surface area contributed by atoms with E-state index in [-0.39, 0.29) is 16.6 Å². The van der Waals surface area contributed by atoms with Crippen molar-refractivity contribution in [1.29, 1.82) is 0 Å². The first-order chi connectivity index (χ1) is 12.9. The lowest BCUT2D eigenvalue weighted by molar-refractivity contribution is -0.125. The minimum atomic E-state index is -0.335. The fraction of sp³-hybridized carbons (Fsp3) is 0.760. The fourth-order valence-electron chi connectivity index (χ4n) is 8.47. The van der Waals surface area contributed by atoms with Gasteiger partial charge in [-0.05, 0) is 74.0 Å². The summed E-state index contributed by atoms with van der Waals surface area (Å²) in [7, 11) is 0. The van der Waals surface area contributed by atoms with E-state index in [9.17, 15) is 4.79 Å². The molecule has 0 unspecified atom stereocenters. The maximum atomic E-state index is 13.3. The summed E-state index contributed by atoms with van der Waals surface area (Å²) in [5, 5.41) is 0. The number of carbonyl (C=O) groups is 1. The predicted octanol–water partition coefficient (Wildman–Crippen LogP) is 6.35. The summed E-state index contributed by atoms with van der Waals surface area (Å²) in [6, 6.07) is 0. The molecule has 1 spiro atoms. The summed E-state index contributed by atoms with van der Waals surface area (Å²) >= 11 is 0. The highest BCUT2D eigenvalue weighted by molar-refractivity contribution is 6.05. The van der Waals surface area contributed by atoms with Gasteiger partial charge in [-0.3, -0.25) is 0 Å². The molecule has 0 heterocycles. The van der Waals surface area contributed by atoms with Gasteiger partial charge in [0, 0.05) is 10.8 Å². The van der Waals surface area contributed by atoms with Crippen LogP contribution in [0.1, 0.15) is 78.6 Å². The van der Waals surface area contributed by atoms with Crippen LogP contribution >= 0.6 is 0 Å². The molecule has 0 radical (unpaired) electrons. The molecule has 0 aromatic carbocycles. The van der Waals surface area contributed by atoms with E-state index >= 15 is 0 Å². The third-order valence-electron chi connectivity index (χ3n) is 10.1. The van der Waals surface area contributed by atoms with Gasteiger partial charge >= 0.3 is 0 Å². The second-order valence-electron chi connectivity index (χ2n) is 10.8. The minimum Gasteiger partial charge on any atom is -0.307 e. The van der Waals surface area contributed by atoms with Gasteiger partial charge in [-0.15, -0.1) is 0 Å². The molecule has 6 atom stereocenters. The third-order valence-corrected chi connectivity index (χ3v) is 10.1. The van der Waals surface area contributed by atoms with Crippen LogP contribution in [0.2, 0.25) is 0 Å². The van der Waals surface area contributed by atoms with Crippen molar-refractivity contribution in [3.8, 4) is 0 Å². The lowest BCUT2D eigenvalue weighted by Crippen LogP contribution is -2.53. The van der Waals surface area contributed by atoms with E-state index in [1.165, 1.54) is 37.7 Å². The van der Waals surface area contributed by atoms with Crippen molar-refractivity contribution < 1.29 is 4.79 Å². The molecule has 0 bridgehead atoms. The average molecular weight is 364 g/mol. The number of Topliss-reactive ketones (excluding diaryl/α,β-unsaturated/α-hetero) is 1. The smallest absolute Gasteiger partial charge is 0.227 e. The Labute approximate surface area is 164 Å². The lowest BCUT2D eigenvalue weighted by Gasteiger charge is -2.59. The van der Waals surface area contributed by atoms with Crippen molar-refractivity contribution in [2.75, 3.05) is 0 Å². The van der Waals surface area contributed by atoms with E-state index in [1.54, 1.807) is 0 Å². The lowest BCUT2D eigenvalue weighted by atomic mass is 9.45. The Kier molecular flexibility index (Phi) is 3.67. The Morgan fingerprint density at radius 1 is 1.07 bits per heavy atom. The number of nitrogens with zero attached hydrogens (tertiary/aromatic N) is 1. The number of hydrogen-bond donors (Lipinski definition) is 0. The molecular weight excluding hydrogens is 330 g/mol. The SMILES string of the molecule is [C-]#[N+]C1=C[C@@]2(C)C(=CC[C@H]3[C@@H]4CC[C@H](C)[C@@]4(C)CC[C@@H]32)C2(CCCC2)C1=O. The summed E-state index contributed by atoms with van der Waals surface area (Å²) < 4.78 is 0. The molecule has 2 nitrogen and oxygen atoms in total. The maximum Gasteiger partial charge on any atom is 0.227 e. The normalized spacial score (nSPS) is 47.6. The molecule has 0 aromatic heterocycles. The zero-order valence-corrected chi connectivity index (χ0v) is 17.2. The van der Waals surface area contributed by atoms with Gasteiger partial charge in [0.2, 0.25) is 5.70 Å². The van der Waals surface area contributed by atoms with E-state index in [1.807, 2.05) is 0 Å². The molecule has 3 fully saturated rings. The molecule has 2 heteroatoms. The first-order valence-corrected chi connectivity index (χ1v) is 11.2. The summed E-state index contributed by atoms with van der Waals surface area (Å²) in [5.74, 6) is 3.15. The highest BCUT2D eigenvalue weighted by atomic mass is 16.1. The Hall–Kier alpha value is -1.36. The third kappa shape index (κ3) is 2.04. The summed E-state index contributed by atoms with van der Waals surface area (Å²) in [4.78, 5) is 17.0. The Bertz CT molecular complexity index is 792. The predicted molar refractivity (Wildman–Crippen MR) is 108 cm³/mol. The monoisotopic (exact) mass is 363 g/mol. The van der Waals surface area contributed by atoms with Crippen LogP contribution in [0.4, 0.5) is 0 Å². The van der Waals surface area contributed by atoms with Gasteiger partial charge < -0.3 is 4.79 Å². The van der Waals surface area contributed by atoms with Gasteiger partial charge in [0.25, 0.3) is 0 Å². The number of fused-ring (bicyclic) bond motifs is 6. The van der Waals surface area contributed by atoms with Gasteiger partial charge in [-0.25, -0.2) is 4.85 Å². The molecule has 144 valence electrons. The molecule has 0 N–H and O–H groups in total. The van der Waals surface area contributed by atoms with Crippen molar-refractivity contribution in [2.24, 2.45) is 39.9 Å². The molecule has 27 heavy (non-hydrogen) atoms. The number of hydrogen-bond acceptors (Lipinski definition) is 1. The van der Waals surface area contributed by atoms with Gasteiger partial charge in [0.1, 0.15) is 0 Å². The average Bonchev–Trinajstić information content (AvgIpc) is 3.25. The number of rotatable bonds is 0. The summed E-state index contributed by atoms with van der Waals surface area (Å²) in [6.07, 6.45) is 15.3. The molecule has 0 saturated heterocycles. The van der Waals surface area contributed by atoms with Gasteiger partial charge in [-0.2, -0.15) is 0 Å². The Morgan fingerprint density at radius 3 is 2.52 bits per heavy atom. The molecular formula is C25H33NO. The molecule has 0 aliphatic heterocycles. The van der Waals surface area contributed by atoms with E-state index < -0.39 is 0 Å². The molecule has 5 aliphatic carbocycles. The van der Waals surface area contributed by atoms with Crippen LogP contribution in [-0.4, -0.2) is 5.78 Å². The zero-order chi connectivity index (χ0) is 19.0. The van der Waals surface area contributed by atoms with Crippen LogP contribution in [0.25, 0.3) is 4.85 Å². The van der Waals surface area contributed by atoms with Gasteiger partial charge in [-0.1, -0.05) is 51.3 Å². The maximum absolute atomic E-state index is 13.3. The number of ketones is 1. The van der Waals surface area contributed by atoms with Crippen LogP contribution in [0, 0.1) is 46.5 Å². The van der Waals surface area contributed by atoms with Crippen molar-refractivity contribution in [2.45, 2.75) is 78.6 Å². The largest absolute Gasteiger partial charge is 0.307 e. The first-order valence-electron chi connectivity index (χ1n) is 11.2. The quantitative estimate of drug-likeness (QED) is 0.363. The second kappa shape index (κ2) is 5.59. The minimum absolute atomic E-state index is 0.0752. The first kappa shape index (κ1) is 17.7. The second-order valence-corrected chi connectivity index (χ2v) is 10.8.